The van der Waals surface area contributed by atoms with Crippen molar-refractivity contribution in [1.82, 2.24) is 28.7 Å². The van der Waals surface area contributed by atoms with Gasteiger partial charge in [-0.2, -0.15) is 13.2 Å². The molecule has 0 spiro atoms. The van der Waals surface area contributed by atoms with E-state index in [-0.39, 0.29) is 57.1 Å². The fraction of sp³-hybridized carbons (Fsp3) is 0.121. The third kappa shape index (κ3) is 13.7. The molecule has 0 aliphatic carbocycles. The van der Waals surface area contributed by atoms with Gasteiger partial charge in [0.15, 0.2) is 0 Å². The second-order valence-corrected chi connectivity index (χ2v) is 20.2. The summed E-state index contributed by atoms with van der Waals surface area (Å²) in [5.74, 6) is -2.19. The Labute approximate surface area is 506 Å². The molecule has 0 saturated carbocycles. The van der Waals surface area contributed by atoms with Crippen molar-refractivity contribution in [3.63, 3.8) is 0 Å². The number of nitro groups is 2. The molecule has 12 aromatic rings. The van der Waals surface area contributed by atoms with Gasteiger partial charge >= 0.3 is 11.8 Å². The predicted molar refractivity (Wildman–Crippen MR) is 333 cm³/mol. The number of nitrogens with zero attached hydrogens (tertiary/aromatic N) is 8. The van der Waals surface area contributed by atoms with E-state index in [2.05, 4.69) is 24.7 Å². The zero-order valence-electron chi connectivity index (χ0n) is 47.9. The van der Waals surface area contributed by atoms with E-state index < -0.39 is 45.4 Å². The number of amides is 1. The number of non-ortho nitro benzene ring substituents is 2. The lowest BCUT2D eigenvalue weighted by Gasteiger charge is -2.16. The molecule has 0 aliphatic heterocycles. The standard InChI is InChI=1S/C25H19F4N3O2.C16H13N3O3.C16H15N3O.C9H5NO4/c1-15(20-9-2-3-12-30-20)32-13-11-17-18(24(32)34)7-5-10-21(17)31-22(33)14-16-6-4-8-19(23(16)26)25(27,28)29;1-11(14-6-2-3-9-17-14)18-10-8-12-13(16(18)20)5-4-7-15(12)19(21)22;1-11(15-7-2-3-9-18-15)19-10-8-12-13(16(19)20)5-4-6-14(12)17;11-9-7-2-1-3-8(10(12)13)6(7)4-5-14-9/h2-13,15H,14H2,1H3,(H,31,33);2-11H,1H3;2-11H,17H2,1H3;1-5H. The summed E-state index contributed by atoms with van der Waals surface area (Å²) in [4.78, 5) is 95.5. The van der Waals surface area contributed by atoms with Crippen molar-refractivity contribution in [2.75, 3.05) is 11.1 Å². The van der Waals surface area contributed by atoms with E-state index in [1.54, 1.807) is 102 Å². The number of alkyl halides is 3. The molecule has 1 amide bonds. The Bertz CT molecular complexity index is 4890. The zero-order valence-corrected chi connectivity index (χ0v) is 47.9. The van der Waals surface area contributed by atoms with Gasteiger partial charge in [-0.1, -0.05) is 54.6 Å². The molecule has 20 nitrogen and oxygen atoms in total. The number of nitrogens with one attached hydrogen (secondary N) is 1. The molecule has 12 rings (SSSR count). The molecule has 7 heterocycles. The van der Waals surface area contributed by atoms with Crippen LogP contribution in [0.2, 0.25) is 0 Å². The molecule has 3 N–H and O–H groups in total. The number of aromatic nitrogens is 6. The summed E-state index contributed by atoms with van der Waals surface area (Å²) in [7, 11) is 0. The van der Waals surface area contributed by atoms with E-state index in [1.165, 1.54) is 45.5 Å². The topological polar surface area (TPSA) is 276 Å². The number of nitro benzene ring substituents is 2. The van der Waals surface area contributed by atoms with Crippen molar-refractivity contribution in [1.29, 1.82) is 0 Å². The minimum absolute atomic E-state index is 0.0482. The summed E-state index contributed by atoms with van der Waals surface area (Å²) in [5.41, 5.74) is 6.02. The Kier molecular flexibility index (Phi) is 19.0. The molecular formula is C66H52F4N10O10. The smallest absolute Gasteiger partial charge is 0.419 e. The minimum Gasteiger partial charge on any atom is -0.431 e. The molecule has 90 heavy (non-hydrogen) atoms. The van der Waals surface area contributed by atoms with Crippen LogP contribution in [-0.2, 0) is 17.4 Å². The molecule has 454 valence electrons. The van der Waals surface area contributed by atoms with Crippen molar-refractivity contribution >= 4 is 71.7 Å². The van der Waals surface area contributed by atoms with Crippen LogP contribution >= 0.6 is 0 Å². The Balaban J connectivity index is 0.000000149. The monoisotopic (exact) mass is 1220 g/mol. The minimum atomic E-state index is -4.86. The van der Waals surface area contributed by atoms with Crippen LogP contribution < -0.4 is 33.4 Å². The quantitative estimate of drug-likeness (QED) is 0.0527. The van der Waals surface area contributed by atoms with Gasteiger partial charge in [0.05, 0.1) is 84.8 Å². The number of rotatable bonds is 11. The first-order valence-electron chi connectivity index (χ1n) is 27.5. The van der Waals surface area contributed by atoms with Crippen LogP contribution in [0.4, 0.5) is 40.3 Å². The lowest BCUT2D eigenvalue weighted by Crippen LogP contribution is -2.24. The van der Waals surface area contributed by atoms with Crippen LogP contribution in [0.25, 0.3) is 43.1 Å². The molecular weight excluding hydrogens is 1170 g/mol. The van der Waals surface area contributed by atoms with E-state index >= 15 is 0 Å². The van der Waals surface area contributed by atoms with E-state index in [9.17, 15) is 61.8 Å². The predicted octanol–water partition coefficient (Wildman–Crippen LogP) is 12.5. The van der Waals surface area contributed by atoms with Gasteiger partial charge in [-0.05, 0) is 129 Å². The van der Waals surface area contributed by atoms with Crippen LogP contribution in [-0.4, -0.2) is 44.4 Å². The van der Waals surface area contributed by atoms with E-state index in [0.29, 0.717) is 55.5 Å². The lowest BCUT2D eigenvalue weighted by molar-refractivity contribution is -0.383. The van der Waals surface area contributed by atoms with Crippen molar-refractivity contribution in [2.45, 2.75) is 51.5 Å². The zero-order chi connectivity index (χ0) is 64.4. The highest BCUT2D eigenvalue weighted by Gasteiger charge is 2.35. The van der Waals surface area contributed by atoms with Crippen molar-refractivity contribution in [2.24, 2.45) is 0 Å². The summed E-state index contributed by atoms with van der Waals surface area (Å²) < 4.78 is 62.5. The second-order valence-electron chi connectivity index (χ2n) is 20.2. The Morgan fingerprint density at radius 1 is 0.533 bits per heavy atom. The molecule has 3 atom stereocenters. The highest BCUT2D eigenvalue weighted by atomic mass is 19.4. The number of hydrogen-bond acceptors (Lipinski definition) is 14. The summed E-state index contributed by atoms with van der Waals surface area (Å²) >= 11 is 0. The summed E-state index contributed by atoms with van der Waals surface area (Å²) in [6.07, 6.45) is 5.68. The van der Waals surface area contributed by atoms with Gasteiger partial charge in [0.25, 0.3) is 28.1 Å². The highest BCUT2D eigenvalue weighted by molar-refractivity contribution is 6.02. The van der Waals surface area contributed by atoms with E-state index in [0.717, 1.165) is 35.2 Å². The number of pyridine rings is 6. The van der Waals surface area contributed by atoms with Crippen LogP contribution in [0.1, 0.15) is 67.1 Å². The van der Waals surface area contributed by atoms with Crippen LogP contribution in [0.5, 0.6) is 0 Å². The summed E-state index contributed by atoms with van der Waals surface area (Å²) in [6.45, 7) is 5.67. The number of benzene rings is 5. The number of halogens is 4. The molecule has 0 saturated heterocycles. The number of carbonyl (C=O) groups is 1. The number of hydrogen-bond donors (Lipinski definition) is 2. The third-order valence-electron chi connectivity index (χ3n) is 14.6. The van der Waals surface area contributed by atoms with Gasteiger partial charge in [-0.3, -0.25) is 54.4 Å². The molecule has 0 fully saturated rings. The SMILES string of the molecule is CC(c1ccccn1)n1ccc2c(N)cccc2c1=O.CC(c1ccccn1)n1ccc2c(NC(=O)Cc3cccc(C(F)(F)F)c3F)cccc2c1=O.CC(c1ccccn1)n1ccc2c([N+](=O)[O-])cccc2c1=O.O=c1occc2c([N+](=O)[O-])cccc12. The fourth-order valence-electron chi connectivity index (χ4n) is 9.96. The van der Waals surface area contributed by atoms with Crippen LogP contribution in [0.15, 0.2) is 237 Å². The second kappa shape index (κ2) is 27.3. The molecule has 7 aromatic heterocycles. The van der Waals surface area contributed by atoms with Gasteiger partial charge < -0.3 is 29.2 Å². The lowest BCUT2D eigenvalue weighted by atomic mass is 10.1. The third-order valence-corrected chi connectivity index (χ3v) is 14.6. The van der Waals surface area contributed by atoms with Gasteiger partial charge in [-0.25, -0.2) is 9.18 Å². The number of anilines is 2. The maximum absolute atomic E-state index is 14.3. The molecule has 24 heteroatoms. The molecule has 0 radical (unpaired) electrons. The molecule has 3 unspecified atom stereocenters. The van der Waals surface area contributed by atoms with Gasteiger partial charge in [0, 0.05) is 82.2 Å². The first-order chi connectivity index (χ1) is 43.1. The Hall–Kier alpha value is -11.8. The summed E-state index contributed by atoms with van der Waals surface area (Å²) in [5, 5.41) is 27.7. The molecule has 0 aliphatic rings. The van der Waals surface area contributed by atoms with Crippen molar-refractivity contribution in [3.8, 4) is 0 Å². The number of fused-ring (bicyclic) bond motifs is 4. The van der Waals surface area contributed by atoms with Crippen LogP contribution in [0.3, 0.4) is 0 Å². The van der Waals surface area contributed by atoms with Crippen molar-refractivity contribution < 1.29 is 36.6 Å². The van der Waals surface area contributed by atoms with E-state index in [4.69, 9.17) is 5.73 Å². The molecule has 5 aromatic carbocycles. The Morgan fingerprint density at radius 3 is 1.43 bits per heavy atom. The highest BCUT2D eigenvalue weighted by Crippen LogP contribution is 2.33. The van der Waals surface area contributed by atoms with Gasteiger partial charge in [0.2, 0.25) is 5.91 Å². The number of carbonyl (C=O) groups excluding carboxylic acids is 1. The number of nitrogens with two attached hydrogens (primary N) is 1. The largest absolute Gasteiger partial charge is 0.431 e. The normalized spacial score (nSPS) is 12.1. The average molecular weight is 1220 g/mol. The maximum atomic E-state index is 14.3. The first kappa shape index (κ1) is 62.7. The number of nitrogen functional groups attached to an aromatic ring is 1. The van der Waals surface area contributed by atoms with Gasteiger partial charge in [-0.15, -0.1) is 0 Å². The maximum Gasteiger partial charge on any atom is 0.419 e. The fourth-order valence-corrected chi connectivity index (χ4v) is 9.96. The Morgan fingerprint density at radius 2 is 0.956 bits per heavy atom. The first-order valence-corrected chi connectivity index (χ1v) is 27.5. The van der Waals surface area contributed by atoms with E-state index in [1.807, 2.05) is 75.4 Å². The van der Waals surface area contributed by atoms with Crippen molar-refractivity contribution in [3.05, 3.63) is 309 Å². The average Bonchev–Trinajstić information content (AvgIpc) is 0.832. The molecule has 0 bridgehead atoms. The van der Waals surface area contributed by atoms with Crippen LogP contribution in [0, 0.1) is 26.0 Å². The summed E-state index contributed by atoms with van der Waals surface area (Å²) in [6, 6.07) is 44.3. The van der Waals surface area contributed by atoms with Gasteiger partial charge in [0.1, 0.15) is 5.82 Å².